The molecule has 1 aromatic carbocycles. The van der Waals surface area contributed by atoms with E-state index in [0.29, 0.717) is 6.54 Å². The second kappa shape index (κ2) is 6.95. The van der Waals surface area contributed by atoms with Crippen molar-refractivity contribution in [2.24, 2.45) is 5.10 Å². The van der Waals surface area contributed by atoms with Crippen LogP contribution in [0.3, 0.4) is 0 Å². The van der Waals surface area contributed by atoms with E-state index in [1.807, 2.05) is 36.7 Å². The number of hydrogen-bond donors (Lipinski definition) is 1. The van der Waals surface area contributed by atoms with Crippen LogP contribution in [-0.2, 0) is 6.54 Å². The number of hydrogen-bond acceptors (Lipinski definition) is 4. The number of nitrogens with zero attached hydrogens (tertiary/aromatic N) is 3. The van der Waals surface area contributed by atoms with E-state index in [-0.39, 0.29) is 11.7 Å². The lowest BCUT2D eigenvalue weighted by atomic mass is 10.2. The first kappa shape index (κ1) is 15.7. The molecule has 2 aromatic heterocycles. The van der Waals surface area contributed by atoms with Crippen molar-refractivity contribution in [1.82, 2.24) is 15.2 Å². The van der Waals surface area contributed by atoms with E-state index in [9.17, 15) is 4.79 Å². The smallest absolute Gasteiger partial charge is 0.307 e. The van der Waals surface area contributed by atoms with Crippen molar-refractivity contribution in [3.63, 3.8) is 0 Å². The Bertz CT molecular complexity index is 849. The highest BCUT2D eigenvalue weighted by atomic mass is 16.3. The van der Waals surface area contributed by atoms with Crippen molar-refractivity contribution >= 4 is 12.1 Å². The lowest BCUT2D eigenvalue weighted by Crippen LogP contribution is -2.16. The average molecular weight is 322 g/mol. The molecule has 6 nitrogen and oxygen atoms in total. The highest BCUT2D eigenvalue weighted by Crippen LogP contribution is 2.13. The van der Waals surface area contributed by atoms with E-state index in [4.69, 9.17) is 4.42 Å². The predicted octanol–water partition coefficient (Wildman–Crippen LogP) is 2.91. The Morgan fingerprint density at radius 2 is 2.04 bits per heavy atom. The Hall–Kier alpha value is -3.15. The molecule has 122 valence electrons. The first-order valence-corrected chi connectivity index (χ1v) is 7.60. The van der Waals surface area contributed by atoms with Gasteiger partial charge in [-0.3, -0.25) is 9.48 Å². The zero-order valence-corrected chi connectivity index (χ0v) is 13.6. The zero-order valence-electron chi connectivity index (χ0n) is 13.6. The third-order valence-electron chi connectivity index (χ3n) is 3.72. The van der Waals surface area contributed by atoms with Gasteiger partial charge < -0.3 is 4.42 Å². The molecule has 0 saturated carbocycles. The molecule has 6 heteroatoms. The highest BCUT2D eigenvalue weighted by Gasteiger charge is 2.11. The van der Waals surface area contributed by atoms with Gasteiger partial charge in [0.05, 0.1) is 24.7 Å². The number of carbonyl (C=O) groups excluding carboxylic acids is 1. The molecule has 3 aromatic rings. The number of amides is 1. The van der Waals surface area contributed by atoms with E-state index in [0.717, 1.165) is 17.0 Å². The first-order chi connectivity index (χ1) is 11.6. The number of rotatable bonds is 5. The molecule has 0 spiro atoms. The van der Waals surface area contributed by atoms with Crippen molar-refractivity contribution in [2.45, 2.75) is 20.4 Å². The van der Waals surface area contributed by atoms with Crippen LogP contribution in [0.4, 0.5) is 0 Å². The van der Waals surface area contributed by atoms with E-state index in [1.54, 1.807) is 18.3 Å². The summed E-state index contributed by atoms with van der Waals surface area (Å²) in [6.07, 6.45) is 3.06. The van der Waals surface area contributed by atoms with Crippen LogP contribution >= 0.6 is 0 Å². The van der Waals surface area contributed by atoms with Gasteiger partial charge in [-0.2, -0.15) is 10.2 Å². The lowest BCUT2D eigenvalue weighted by Gasteiger charge is -2.04. The minimum absolute atomic E-state index is 0.223. The van der Waals surface area contributed by atoms with E-state index < -0.39 is 0 Å². The first-order valence-electron chi connectivity index (χ1n) is 7.60. The molecule has 0 fully saturated rings. The minimum atomic E-state index is -0.386. The predicted molar refractivity (Wildman–Crippen MR) is 91.0 cm³/mol. The summed E-state index contributed by atoms with van der Waals surface area (Å²) in [7, 11) is 0. The fourth-order valence-corrected chi connectivity index (χ4v) is 2.43. The zero-order chi connectivity index (χ0) is 16.9. The van der Waals surface area contributed by atoms with Crippen LogP contribution in [0.1, 0.15) is 33.1 Å². The van der Waals surface area contributed by atoms with Gasteiger partial charge in [0.1, 0.15) is 0 Å². The van der Waals surface area contributed by atoms with Crippen molar-refractivity contribution in [3.05, 3.63) is 77.0 Å². The second-order valence-corrected chi connectivity index (χ2v) is 5.40. The Kier molecular flexibility index (Phi) is 4.56. The summed E-state index contributed by atoms with van der Waals surface area (Å²) >= 11 is 0. The van der Waals surface area contributed by atoms with E-state index in [1.165, 1.54) is 11.8 Å². The molecule has 3 rings (SSSR count). The molecule has 0 radical (unpaired) electrons. The van der Waals surface area contributed by atoms with Crippen molar-refractivity contribution in [2.75, 3.05) is 0 Å². The normalized spacial score (nSPS) is 11.1. The van der Waals surface area contributed by atoms with Gasteiger partial charge >= 0.3 is 5.91 Å². The van der Waals surface area contributed by atoms with E-state index in [2.05, 4.69) is 27.8 Å². The molecule has 0 aliphatic rings. The van der Waals surface area contributed by atoms with Crippen LogP contribution in [0, 0.1) is 13.8 Å². The molecule has 0 unspecified atom stereocenters. The van der Waals surface area contributed by atoms with Gasteiger partial charge in [0.25, 0.3) is 0 Å². The quantitative estimate of drug-likeness (QED) is 0.580. The van der Waals surface area contributed by atoms with Gasteiger partial charge in [0.2, 0.25) is 0 Å². The number of carbonyl (C=O) groups is 1. The maximum atomic E-state index is 11.8. The molecule has 2 heterocycles. The average Bonchev–Trinajstić information content (AvgIpc) is 3.20. The molecule has 0 saturated heterocycles. The summed E-state index contributed by atoms with van der Waals surface area (Å²) < 4.78 is 6.94. The molecule has 0 aliphatic carbocycles. The molecule has 0 aliphatic heterocycles. The monoisotopic (exact) mass is 322 g/mol. The van der Waals surface area contributed by atoms with Gasteiger partial charge in [0.15, 0.2) is 5.76 Å². The largest absolute Gasteiger partial charge is 0.459 e. The number of furan rings is 1. The van der Waals surface area contributed by atoms with Crippen LogP contribution in [0.25, 0.3) is 0 Å². The number of nitrogens with one attached hydrogen (secondary N) is 1. The molecular weight excluding hydrogens is 304 g/mol. The molecule has 0 bridgehead atoms. The minimum Gasteiger partial charge on any atom is -0.459 e. The summed E-state index contributed by atoms with van der Waals surface area (Å²) in [6.45, 7) is 4.60. The molecular formula is C18H18N4O2. The van der Waals surface area contributed by atoms with Gasteiger partial charge in [0, 0.05) is 11.3 Å². The maximum absolute atomic E-state index is 11.8. The van der Waals surface area contributed by atoms with Crippen LogP contribution in [0.5, 0.6) is 0 Å². The fraction of sp³-hybridized carbons (Fsp3) is 0.167. The Morgan fingerprint density at radius 1 is 1.25 bits per heavy atom. The standard InChI is InChI=1S/C18H18N4O2/c1-13-16(11-19-20-18(23)17-9-6-10-24-17)14(2)22(21-13)12-15-7-4-3-5-8-15/h3-11H,12H2,1-2H3,(H,20,23)/b19-11-. The highest BCUT2D eigenvalue weighted by molar-refractivity contribution is 5.92. The van der Waals surface area contributed by atoms with Gasteiger partial charge in [-0.1, -0.05) is 30.3 Å². The van der Waals surface area contributed by atoms with E-state index >= 15 is 0 Å². The number of benzene rings is 1. The molecule has 0 atom stereocenters. The topological polar surface area (TPSA) is 72.4 Å². The maximum Gasteiger partial charge on any atom is 0.307 e. The summed E-state index contributed by atoms with van der Waals surface area (Å²) in [5, 5.41) is 8.55. The summed E-state index contributed by atoms with van der Waals surface area (Å²) in [5.74, 6) is -0.163. The molecule has 1 N–H and O–H groups in total. The molecule has 24 heavy (non-hydrogen) atoms. The Balaban J connectivity index is 1.72. The van der Waals surface area contributed by atoms with Gasteiger partial charge in [-0.25, -0.2) is 5.43 Å². The molecule has 1 amide bonds. The van der Waals surface area contributed by atoms with Crippen LogP contribution < -0.4 is 5.43 Å². The summed E-state index contributed by atoms with van der Waals surface area (Å²) in [6, 6.07) is 13.4. The lowest BCUT2D eigenvalue weighted by molar-refractivity contribution is 0.0927. The summed E-state index contributed by atoms with van der Waals surface area (Å²) in [5.41, 5.74) is 6.37. The third-order valence-corrected chi connectivity index (χ3v) is 3.72. The second-order valence-electron chi connectivity index (χ2n) is 5.40. The van der Waals surface area contributed by atoms with Crippen LogP contribution in [0.2, 0.25) is 0 Å². The number of aromatic nitrogens is 2. The SMILES string of the molecule is Cc1nn(Cc2ccccc2)c(C)c1/C=N\NC(=O)c1ccco1. The van der Waals surface area contributed by atoms with Crippen molar-refractivity contribution < 1.29 is 9.21 Å². The van der Waals surface area contributed by atoms with Crippen LogP contribution in [0.15, 0.2) is 58.2 Å². The fourth-order valence-electron chi connectivity index (χ4n) is 2.43. The number of aryl methyl sites for hydroxylation is 1. The van der Waals surface area contributed by atoms with Gasteiger partial charge in [-0.05, 0) is 31.5 Å². The summed E-state index contributed by atoms with van der Waals surface area (Å²) in [4.78, 5) is 11.8. The number of hydrazone groups is 1. The van der Waals surface area contributed by atoms with Crippen molar-refractivity contribution in [1.29, 1.82) is 0 Å². The van der Waals surface area contributed by atoms with Gasteiger partial charge in [-0.15, -0.1) is 0 Å². The van der Waals surface area contributed by atoms with Crippen LogP contribution in [-0.4, -0.2) is 21.9 Å². The van der Waals surface area contributed by atoms with Crippen molar-refractivity contribution in [3.8, 4) is 0 Å². The third kappa shape index (κ3) is 3.43. The Labute approximate surface area is 139 Å². The Morgan fingerprint density at radius 3 is 2.75 bits per heavy atom.